The number of nitriles is 1. The van der Waals surface area contributed by atoms with Gasteiger partial charge in [-0.1, -0.05) is 31.5 Å². The molecule has 1 N–H and O–H groups in total. The molecule has 0 unspecified atom stereocenters. The summed E-state index contributed by atoms with van der Waals surface area (Å²) in [7, 11) is 3.83. The minimum Gasteiger partial charge on any atom is -0.392 e. The van der Waals surface area contributed by atoms with Crippen molar-refractivity contribution in [2.45, 2.75) is 39.7 Å². The summed E-state index contributed by atoms with van der Waals surface area (Å²) in [6.45, 7) is 11.1. The Bertz CT molecular complexity index is 2040. The molecule has 0 bridgehead atoms. The summed E-state index contributed by atoms with van der Waals surface area (Å²) < 4.78 is 20.3. The fraction of sp³-hybridized carbons (Fsp3) is 0.353. The molecule has 0 radical (unpaired) electrons. The van der Waals surface area contributed by atoms with Gasteiger partial charge in [0.25, 0.3) is 0 Å². The first-order chi connectivity index (χ1) is 20.9. The van der Waals surface area contributed by atoms with Crippen molar-refractivity contribution in [3.8, 4) is 17.4 Å². The van der Waals surface area contributed by atoms with E-state index in [4.69, 9.17) is 4.98 Å². The molecule has 9 nitrogen and oxygen atoms in total. The second kappa shape index (κ2) is 10.8. The van der Waals surface area contributed by atoms with Crippen LogP contribution in [0.3, 0.4) is 0 Å². The fourth-order valence-electron chi connectivity index (χ4n) is 6.17. The zero-order valence-corrected chi connectivity index (χ0v) is 26.0. The van der Waals surface area contributed by atoms with Crippen LogP contribution < -0.4 is 15.1 Å². The van der Waals surface area contributed by atoms with Crippen LogP contribution >= 0.6 is 0 Å². The van der Waals surface area contributed by atoms with E-state index in [0.717, 1.165) is 43.1 Å². The van der Waals surface area contributed by atoms with Crippen molar-refractivity contribution < 1.29 is 14.2 Å². The summed E-state index contributed by atoms with van der Waals surface area (Å²) in [5, 5.41) is 22.0. The molecule has 6 rings (SSSR count). The average molecular weight is 595 g/mol. The number of pyridine rings is 1. The Morgan fingerprint density at radius 1 is 1.11 bits per heavy atom. The summed E-state index contributed by atoms with van der Waals surface area (Å²) >= 11 is 0. The Kier molecular flexibility index (Phi) is 7.26. The van der Waals surface area contributed by atoms with Gasteiger partial charge in [-0.15, -0.1) is 4.68 Å². The van der Waals surface area contributed by atoms with E-state index >= 15 is 4.39 Å². The largest absolute Gasteiger partial charge is 0.392 e. The van der Waals surface area contributed by atoms with Gasteiger partial charge in [-0.25, -0.2) is 9.37 Å². The third-order valence-corrected chi connectivity index (χ3v) is 8.67. The Morgan fingerprint density at radius 3 is 2.48 bits per heavy atom. The number of hydrogen-bond donors (Lipinski definition) is 1. The number of benzene rings is 2. The quantitative estimate of drug-likeness (QED) is 0.316. The summed E-state index contributed by atoms with van der Waals surface area (Å²) in [5.74, 6) is 0.276. The number of aryl methyl sites for hydroxylation is 2. The van der Waals surface area contributed by atoms with Gasteiger partial charge in [0, 0.05) is 43.3 Å². The Hall–Kier alpha value is -4.59. The number of likely N-dealkylation sites (N-methyl/N-ethyl adjacent to an activating group) is 1. The van der Waals surface area contributed by atoms with Crippen molar-refractivity contribution in [1.82, 2.24) is 19.1 Å². The first kappa shape index (κ1) is 29.5. The third kappa shape index (κ3) is 4.82. The molecule has 0 atom stereocenters. The number of hydrogen-bond acceptors (Lipinski definition) is 6. The molecule has 226 valence electrons. The number of aliphatic hydroxyl groups is 1. The number of rotatable bonds is 4. The van der Waals surface area contributed by atoms with Crippen LogP contribution in [0.15, 0.2) is 53.6 Å². The minimum absolute atomic E-state index is 0.0162. The highest BCUT2D eigenvalue weighted by molar-refractivity contribution is 5.88. The lowest BCUT2D eigenvalue weighted by Crippen LogP contribution is -2.48. The van der Waals surface area contributed by atoms with Crippen LogP contribution in [-0.4, -0.2) is 57.5 Å². The van der Waals surface area contributed by atoms with Crippen molar-refractivity contribution in [1.29, 1.82) is 5.26 Å². The third-order valence-electron chi connectivity index (χ3n) is 8.67. The van der Waals surface area contributed by atoms with Gasteiger partial charge in [0.1, 0.15) is 29.0 Å². The molecule has 0 amide bonds. The molecule has 0 spiro atoms. The van der Waals surface area contributed by atoms with Gasteiger partial charge in [-0.3, -0.25) is 9.36 Å². The lowest BCUT2D eigenvalue weighted by molar-refractivity contribution is -0.748. The molecule has 1 saturated heterocycles. The number of aromatic nitrogens is 4. The standard InChI is InChI=1S/C34H37FN7O2/c1-21-14-25-23(17-36)19-41(32(25)37-31(21)40-12-10-38(5)11-13-40)28-8-7-9-29(26(28)20-43)42-33(44)30-22(18-39(42)6)15-24(16-27(30)35)34(2,3)4/h7-9,14-16,18-19,43H,10-13,20H2,1-6H3/q+1. The average Bonchev–Trinajstić information content (AvgIpc) is 3.33. The maximum absolute atomic E-state index is 15.5. The summed E-state index contributed by atoms with van der Waals surface area (Å²) in [4.78, 5) is 23.6. The van der Waals surface area contributed by atoms with E-state index in [2.05, 4.69) is 22.9 Å². The lowest BCUT2D eigenvalue weighted by atomic mass is 9.86. The molecule has 1 fully saturated rings. The predicted octanol–water partition coefficient (Wildman–Crippen LogP) is 4.01. The molecule has 4 heterocycles. The fourth-order valence-corrected chi connectivity index (χ4v) is 6.17. The molecule has 5 aromatic rings. The number of anilines is 1. The minimum atomic E-state index is -0.584. The molecular formula is C34H37FN7O2+. The summed E-state index contributed by atoms with van der Waals surface area (Å²) in [6.07, 6.45) is 3.45. The maximum Gasteiger partial charge on any atom is 0.317 e. The molecule has 0 aliphatic carbocycles. The maximum atomic E-state index is 15.5. The predicted molar refractivity (Wildman–Crippen MR) is 169 cm³/mol. The molecule has 1 aliphatic heterocycles. The highest BCUT2D eigenvalue weighted by Crippen LogP contribution is 2.32. The highest BCUT2D eigenvalue weighted by atomic mass is 19.1. The van der Waals surface area contributed by atoms with E-state index in [0.29, 0.717) is 38.9 Å². The number of halogens is 1. The van der Waals surface area contributed by atoms with Gasteiger partial charge in [0.05, 0.1) is 28.6 Å². The highest BCUT2D eigenvalue weighted by Gasteiger charge is 2.26. The van der Waals surface area contributed by atoms with Crippen molar-refractivity contribution in [3.05, 3.63) is 87.2 Å². The zero-order chi connectivity index (χ0) is 31.5. The molecule has 10 heteroatoms. The van der Waals surface area contributed by atoms with Crippen LogP contribution in [-0.2, 0) is 19.1 Å². The van der Waals surface area contributed by atoms with Gasteiger partial charge >= 0.3 is 5.56 Å². The van der Waals surface area contributed by atoms with Crippen LogP contribution in [0.2, 0.25) is 0 Å². The summed E-state index contributed by atoms with van der Waals surface area (Å²) in [5.41, 5.74) is 3.43. The van der Waals surface area contributed by atoms with Gasteiger partial charge in [-0.2, -0.15) is 5.26 Å². The molecule has 3 aromatic heterocycles. The monoisotopic (exact) mass is 594 g/mol. The lowest BCUT2D eigenvalue weighted by Gasteiger charge is -2.34. The second-order valence-electron chi connectivity index (χ2n) is 12.7. The van der Waals surface area contributed by atoms with Gasteiger partial charge < -0.3 is 14.9 Å². The van der Waals surface area contributed by atoms with E-state index in [1.807, 2.05) is 50.5 Å². The second-order valence-corrected chi connectivity index (χ2v) is 12.7. The zero-order valence-electron chi connectivity index (χ0n) is 26.0. The molecule has 44 heavy (non-hydrogen) atoms. The molecule has 1 aliphatic rings. The normalized spacial score (nSPS) is 14.5. The Morgan fingerprint density at radius 2 is 1.82 bits per heavy atom. The molecule has 2 aromatic carbocycles. The Balaban J connectivity index is 1.57. The topological polar surface area (TPSA) is 94.2 Å². The van der Waals surface area contributed by atoms with Crippen molar-refractivity contribution in [2.24, 2.45) is 7.05 Å². The first-order valence-electron chi connectivity index (χ1n) is 14.8. The van der Waals surface area contributed by atoms with Crippen LogP contribution in [0.4, 0.5) is 10.2 Å². The van der Waals surface area contributed by atoms with E-state index < -0.39 is 18.0 Å². The molecular weight excluding hydrogens is 557 g/mol. The number of aliphatic hydroxyl groups excluding tert-OH is 1. The summed E-state index contributed by atoms with van der Waals surface area (Å²) in [6, 6.07) is 12.9. The van der Waals surface area contributed by atoms with Crippen LogP contribution in [0.5, 0.6) is 0 Å². The SMILES string of the molecule is Cc1cc2c(C#N)cn(-c3cccc(-n4c(=O)c5c(F)cc(C(C)(C)C)cc5c[n+]4C)c3CO)c2nc1N1CCN(C)CC1. The van der Waals surface area contributed by atoms with Crippen LogP contribution in [0.25, 0.3) is 33.2 Å². The Labute approximate surface area is 255 Å². The van der Waals surface area contributed by atoms with E-state index in [1.165, 1.54) is 10.7 Å². The number of nitrogens with zero attached hydrogens (tertiary/aromatic N) is 7. The molecule has 0 saturated carbocycles. The van der Waals surface area contributed by atoms with Crippen molar-refractivity contribution in [2.75, 3.05) is 38.1 Å². The van der Waals surface area contributed by atoms with E-state index in [1.54, 1.807) is 36.3 Å². The van der Waals surface area contributed by atoms with E-state index in [-0.39, 0.29) is 10.8 Å². The van der Waals surface area contributed by atoms with Crippen LogP contribution in [0, 0.1) is 24.1 Å². The van der Waals surface area contributed by atoms with Gasteiger partial charge in [0.15, 0.2) is 7.05 Å². The first-order valence-corrected chi connectivity index (χ1v) is 14.8. The number of piperazine rings is 1. The smallest absolute Gasteiger partial charge is 0.317 e. The number of fused-ring (bicyclic) bond motifs is 2. The van der Waals surface area contributed by atoms with Crippen molar-refractivity contribution in [3.63, 3.8) is 0 Å². The van der Waals surface area contributed by atoms with Gasteiger partial charge in [0.2, 0.25) is 6.20 Å². The van der Waals surface area contributed by atoms with Crippen LogP contribution in [0.1, 0.15) is 43.0 Å². The van der Waals surface area contributed by atoms with Gasteiger partial charge in [-0.05, 0) is 60.8 Å². The van der Waals surface area contributed by atoms with Crippen molar-refractivity contribution >= 4 is 27.6 Å². The van der Waals surface area contributed by atoms with E-state index in [9.17, 15) is 15.2 Å².